The first-order chi connectivity index (χ1) is 9.87. The van der Waals surface area contributed by atoms with E-state index in [1.165, 1.54) is 17.2 Å². The molecule has 2 amide bonds. The molecule has 1 aromatic heterocycles. The van der Waals surface area contributed by atoms with Crippen molar-refractivity contribution in [3.63, 3.8) is 0 Å². The third-order valence-electron chi connectivity index (χ3n) is 2.44. The molecule has 8 nitrogen and oxygen atoms in total. The van der Waals surface area contributed by atoms with E-state index in [2.05, 4.69) is 9.68 Å². The molecule has 116 valence electrons. The number of carbonyl (C=O) groups is 2. The van der Waals surface area contributed by atoms with Gasteiger partial charge in [-0.25, -0.2) is 14.5 Å². The fourth-order valence-corrected chi connectivity index (χ4v) is 1.68. The van der Waals surface area contributed by atoms with Gasteiger partial charge in [0.25, 0.3) is 0 Å². The van der Waals surface area contributed by atoms with Crippen LogP contribution in [-0.4, -0.2) is 52.5 Å². The highest BCUT2D eigenvalue weighted by atomic mass is 35.6. The Labute approximate surface area is 134 Å². The third kappa shape index (κ3) is 4.55. The van der Waals surface area contributed by atoms with Gasteiger partial charge in [-0.3, -0.25) is 4.90 Å². The van der Waals surface area contributed by atoms with Crippen molar-refractivity contribution in [2.45, 2.75) is 3.79 Å². The van der Waals surface area contributed by atoms with Gasteiger partial charge in [0.05, 0.1) is 6.54 Å². The Balaban J connectivity index is 2.05. The Bertz CT molecular complexity index is 505. The van der Waals surface area contributed by atoms with Gasteiger partial charge in [0.1, 0.15) is 26.1 Å². The summed E-state index contributed by atoms with van der Waals surface area (Å²) < 4.78 is 12.6. The molecule has 0 bridgehead atoms. The van der Waals surface area contributed by atoms with E-state index in [9.17, 15) is 9.59 Å². The van der Waals surface area contributed by atoms with Gasteiger partial charge in [-0.2, -0.15) is 0 Å². The predicted octanol–water partition coefficient (Wildman–Crippen LogP) is 2.40. The van der Waals surface area contributed by atoms with E-state index < -0.39 is 22.6 Å². The molecular formula is C10H10Cl3N3O5. The molecule has 2 heterocycles. The molecule has 0 unspecified atom stereocenters. The molecule has 0 aliphatic carbocycles. The van der Waals surface area contributed by atoms with Crippen LogP contribution in [0.25, 0.3) is 0 Å². The van der Waals surface area contributed by atoms with E-state index >= 15 is 0 Å². The van der Waals surface area contributed by atoms with Crippen molar-refractivity contribution in [1.29, 1.82) is 0 Å². The lowest BCUT2D eigenvalue weighted by atomic mass is 10.5. The smallest absolute Gasteiger partial charge is 0.417 e. The zero-order valence-electron chi connectivity index (χ0n) is 10.5. The lowest BCUT2D eigenvalue weighted by Crippen LogP contribution is -2.43. The Morgan fingerprint density at radius 3 is 2.81 bits per heavy atom. The SMILES string of the molecule is O=C1OCCN1CN(C(=O)OCC(Cl)(Cl)Cl)c1ccon1. The van der Waals surface area contributed by atoms with Gasteiger partial charge in [0.2, 0.25) is 3.79 Å². The van der Waals surface area contributed by atoms with Crippen LogP contribution in [0.2, 0.25) is 0 Å². The summed E-state index contributed by atoms with van der Waals surface area (Å²) in [5.74, 6) is 0.156. The highest BCUT2D eigenvalue weighted by molar-refractivity contribution is 6.67. The van der Waals surface area contributed by atoms with E-state index in [4.69, 9.17) is 44.3 Å². The molecule has 0 N–H and O–H groups in total. The maximum absolute atomic E-state index is 12.1. The average molecular weight is 359 g/mol. The molecule has 1 aliphatic rings. The van der Waals surface area contributed by atoms with Crippen LogP contribution in [0.4, 0.5) is 15.4 Å². The Morgan fingerprint density at radius 2 is 2.29 bits per heavy atom. The summed E-state index contributed by atoms with van der Waals surface area (Å²) in [5.41, 5.74) is 0. The lowest BCUT2D eigenvalue weighted by Gasteiger charge is -2.24. The number of cyclic esters (lactones) is 1. The van der Waals surface area contributed by atoms with Gasteiger partial charge < -0.3 is 14.0 Å². The number of carbonyl (C=O) groups excluding carboxylic acids is 2. The molecule has 0 atom stereocenters. The second-order valence-electron chi connectivity index (χ2n) is 3.97. The number of hydrogen-bond donors (Lipinski definition) is 0. The molecule has 21 heavy (non-hydrogen) atoms. The second-order valence-corrected chi connectivity index (χ2v) is 6.49. The first-order valence-corrected chi connectivity index (χ1v) is 6.83. The summed E-state index contributed by atoms with van der Waals surface area (Å²) in [5, 5.41) is 3.62. The van der Waals surface area contributed by atoms with Crippen LogP contribution in [0.5, 0.6) is 0 Å². The first-order valence-electron chi connectivity index (χ1n) is 5.70. The standard InChI is InChI=1S/C10H10Cl3N3O5/c11-10(12,13)5-20-9(18)16(7-1-3-21-14-7)6-15-2-4-19-8(15)17/h1,3H,2,4-6H2. The third-order valence-corrected chi connectivity index (χ3v) is 2.76. The van der Waals surface area contributed by atoms with Crippen LogP contribution in [0, 0.1) is 0 Å². The molecule has 1 aromatic rings. The number of anilines is 1. The Hall–Kier alpha value is -1.38. The van der Waals surface area contributed by atoms with Crippen LogP contribution in [0.1, 0.15) is 0 Å². The number of alkyl halides is 3. The number of halogens is 3. The number of amides is 2. The van der Waals surface area contributed by atoms with Crippen molar-refractivity contribution in [3.05, 3.63) is 12.3 Å². The Kier molecular flexibility index (Phi) is 5.02. The molecule has 0 saturated carbocycles. The number of rotatable bonds is 4. The molecule has 2 rings (SSSR count). The predicted molar refractivity (Wildman–Crippen MR) is 73.5 cm³/mol. The van der Waals surface area contributed by atoms with Crippen LogP contribution in [-0.2, 0) is 9.47 Å². The van der Waals surface area contributed by atoms with Gasteiger partial charge in [-0.05, 0) is 0 Å². The van der Waals surface area contributed by atoms with Crippen molar-refractivity contribution in [2.75, 3.05) is 31.3 Å². The maximum atomic E-state index is 12.1. The van der Waals surface area contributed by atoms with Crippen LogP contribution in [0.15, 0.2) is 16.9 Å². The molecule has 0 aromatic carbocycles. The lowest BCUT2D eigenvalue weighted by molar-refractivity contribution is 0.146. The summed E-state index contributed by atoms with van der Waals surface area (Å²) in [6.07, 6.45) is -0.111. The van der Waals surface area contributed by atoms with Gasteiger partial charge in [0, 0.05) is 6.07 Å². The maximum Gasteiger partial charge on any atom is 0.417 e. The highest BCUT2D eigenvalue weighted by Gasteiger charge is 2.31. The second kappa shape index (κ2) is 6.59. The molecule has 0 radical (unpaired) electrons. The summed E-state index contributed by atoms with van der Waals surface area (Å²) in [6, 6.07) is 1.43. The monoisotopic (exact) mass is 357 g/mol. The van der Waals surface area contributed by atoms with Gasteiger partial charge in [-0.1, -0.05) is 40.0 Å². The minimum atomic E-state index is -1.74. The number of nitrogens with zero attached hydrogens (tertiary/aromatic N) is 3. The van der Waals surface area contributed by atoms with Gasteiger partial charge in [-0.15, -0.1) is 0 Å². The van der Waals surface area contributed by atoms with Crippen molar-refractivity contribution in [2.24, 2.45) is 0 Å². The molecule has 1 saturated heterocycles. The molecule has 0 spiro atoms. The molecule has 1 fully saturated rings. The largest absolute Gasteiger partial charge is 0.447 e. The summed E-state index contributed by atoms with van der Waals surface area (Å²) in [4.78, 5) is 25.8. The minimum absolute atomic E-state index is 0.121. The average Bonchev–Trinajstić information content (AvgIpc) is 3.04. The zero-order chi connectivity index (χ0) is 15.5. The van der Waals surface area contributed by atoms with Crippen LogP contribution >= 0.6 is 34.8 Å². The quantitative estimate of drug-likeness (QED) is 0.768. The van der Waals surface area contributed by atoms with Crippen molar-refractivity contribution >= 4 is 52.8 Å². The summed E-state index contributed by atoms with van der Waals surface area (Å²) in [6.45, 7) is 0.0129. The van der Waals surface area contributed by atoms with E-state index in [0.29, 0.717) is 6.54 Å². The summed E-state index contributed by atoms with van der Waals surface area (Å²) in [7, 11) is 0. The molecule has 1 aliphatic heterocycles. The van der Waals surface area contributed by atoms with Crippen molar-refractivity contribution < 1.29 is 23.6 Å². The normalized spacial score (nSPS) is 15.0. The number of hydrogen-bond acceptors (Lipinski definition) is 6. The zero-order valence-corrected chi connectivity index (χ0v) is 12.8. The number of aromatic nitrogens is 1. The van der Waals surface area contributed by atoms with Crippen molar-refractivity contribution in [3.8, 4) is 0 Å². The fraction of sp³-hybridized carbons (Fsp3) is 0.500. The highest BCUT2D eigenvalue weighted by Crippen LogP contribution is 2.26. The van der Waals surface area contributed by atoms with Gasteiger partial charge in [0.15, 0.2) is 5.82 Å². The fourth-order valence-electron chi connectivity index (χ4n) is 1.52. The topological polar surface area (TPSA) is 85.1 Å². The van der Waals surface area contributed by atoms with Gasteiger partial charge >= 0.3 is 12.2 Å². The van der Waals surface area contributed by atoms with Crippen molar-refractivity contribution in [1.82, 2.24) is 10.1 Å². The minimum Gasteiger partial charge on any atom is -0.447 e. The van der Waals surface area contributed by atoms with E-state index in [-0.39, 0.29) is 19.1 Å². The van der Waals surface area contributed by atoms with Crippen LogP contribution < -0.4 is 4.90 Å². The Morgan fingerprint density at radius 1 is 1.52 bits per heavy atom. The molecular weight excluding hydrogens is 348 g/mol. The van der Waals surface area contributed by atoms with Crippen LogP contribution in [0.3, 0.4) is 0 Å². The molecule has 11 heteroatoms. The van der Waals surface area contributed by atoms with E-state index in [1.54, 1.807) is 0 Å². The van der Waals surface area contributed by atoms with E-state index in [0.717, 1.165) is 4.90 Å². The first kappa shape index (κ1) is 16.0. The summed E-state index contributed by atoms with van der Waals surface area (Å²) >= 11 is 16.6. The van der Waals surface area contributed by atoms with E-state index in [1.807, 2.05) is 0 Å². The number of ether oxygens (including phenoxy) is 2.